The maximum Gasteiger partial charge on any atom is 0.243 e. The fourth-order valence-corrected chi connectivity index (χ4v) is 1.66. The standard InChI is InChI=1S/C15H23N3O3.H2S.H2/c1-4-5-14(19)16-6-8-21-9-7-18-11-13(10-17-18)15(20)12(2)3;;/h4-5,10-12H,6-9H2,1-3H3,(H,16,19);1H2;1H/b5-4+;;. The summed E-state index contributed by atoms with van der Waals surface area (Å²) >= 11 is 0. The normalized spacial score (nSPS) is 10.7. The van der Waals surface area contributed by atoms with Crippen LogP contribution in [-0.2, 0) is 16.1 Å². The summed E-state index contributed by atoms with van der Waals surface area (Å²) in [6.45, 7) is 7.50. The predicted molar refractivity (Wildman–Crippen MR) is 92.5 cm³/mol. The third-order valence-electron chi connectivity index (χ3n) is 2.77. The van der Waals surface area contributed by atoms with Gasteiger partial charge in [-0.25, -0.2) is 0 Å². The molecule has 126 valence electrons. The Hall–Kier alpha value is -1.60. The highest BCUT2D eigenvalue weighted by atomic mass is 32.1. The molecule has 1 aromatic rings. The Kier molecular flexibility index (Phi) is 10.2. The number of Topliss-reactive ketones (excluding diaryl/α,β-unsaturated/α-hetero) is 1. The molecule has 0 aliphatic heterocycles. The van der Waals surface area contributed by atoms with Crippen molar-refractivity contribution in [3.63, 3.8) is 0 Å². The van der Waals surface area contributed by atoms with Gasteiger partial charge in [-0.1, -0.05) is 19.9 Å². The van der Waals surface area contributed by atoms with Crippen LogP contribution in [0.25, 0.3) is 0 Å². The summed E-state index contributed by atoms with van der Waals surface area (Å²) < 4.78 is 7.09. The van der Waals surface area contributed by atoms with Gasteiger partial charge in [-0.15, -0.1) is 0 Å². The molecule has 6 nitrogen and oxygen atoms in total. The van der Waals surface area contributed by atoms with E-state index in [2.05, 4.69) is 10.4 Å². The van der Waals surface area contributed by atoms with E-state index in [1.54, 1.807) is 30.1 Å². The number of ketones is 1. The van der Waals surface area contributed by atoms with Crippen LogP contribution in [0.5, 0.6) is 0 Å². The molecule has 0 aromatic carbocycles. The summed E-state index contributed by atoms with van der Waals surface area (Å²) in [7, 11) is 0. The van der Waals surface area contributed by atoms with Crippen molar-refractivity contribution in [2.45, 2.75) is 27.3 Å². The maximum atomic E-state index is 11.8. The first kappa shape index (κ1) is 20.4. The SMILES string of the molecule is C/C=C/C(=O)NCCOCCn1cc(C(=O)C(C)C)cn1.S.[HH]. The molecule has 1 rings (SSSR count). The van der Waals surface area contributed by atoms with Crippen LogP contribution < -0.4 is 5.32 Å². The molecular weight excluding hydrogens is 302 g/mol. The summed E-state index contributed by atoms with van der Waals surface area (Å²) in [5.74, 6) is -0.0569. The third-order valence-corrected chi connectivity index (χ3v) is 2.77. The smallest absolute Gasteiger partial charge is 0.243 e. The quantitative estimate of drug-likeness (QED) is 0.426. The first-order chi connectivity index (χ1) is 10.0. The molecule has 0 atom stereocenters. The lowest BCUT2D eigenvalue weighted by Gasteiger charge is -2.05. The summed E-state index contributed by atoms with van der Waals surface area (Å²) in [6, 6.07) is 0. The molecule has 0 radical (unpaired) electrons. The van der Waals surface area contributed by atoms with Crippen LogP contribution in [0.1, 0.15) is 32.6 Å². The van der Waals surface area contributed by atoms with E-state index < -0.39 is 0 Å². The van der Waals surface area contributed by atoms with Crippen LogP contribution in [0.15, 0.2) is 24.5 Å². The number of amides is 1. The zero-order valence-corrected chi connectivity index (χ0v) is 14.3. The second-order valence-corrected chi connectivity index (χ2v) is 4.91. The van der Waals surface area contributed by atoms with Gasteiger partial charge in [0, 0.05) is 20.1 Å². The molecular formula is C15H27N3O3S. The van der Waals surface area contributed by atoms with E-state index in [0.29, 0.717) is 31.9 Å². The van der Waals surface area contributed by atoms with Crippen molar-refractivity contribution in [2.24, 2.45) is 5.92 Å². The number of rotatable bonds is 9. The molecule has 7 heteroatoms. The molecule has 1 amide bonds. The highest BCUT2D eigenvalue weighted by Crippen LogP contribution is 2.06. The van der Waals surface area contributed by atoms with Crippen molar-refractivity contribution in [1.29, 1.82) is 0 Å². The molecule has 1 heterocycles. The Morgan fingerprint density at radius 2 is 2.18 bits per heavy atom. The van der Waals surface area contributed by atoms with E-state index in [-0.39, 0.29) is 32.5 Å². The first-order valence-electron chi connectivity index (χ1n) is 7.09. The molecule has 0 saturated heterocycles. The topological polar surface area (TPSA) is 73.2 Å². The Bertz CT molecular complexity index is 504. The number of hydrogen-bond donors (Lipinski definition) is 1. The highest BCUT2D eigenvalue weighted by Gasteiger charge is 2.12. The Morgan fingerprint density at radius 1 is 1.45 bits per heavy atom. The second-order valence-electron chi connectivity index (χ2n) is 4.91. The summed E-state index contributed by atoms with van der Waals surface area (Å²) in [5.41, 5.74) is 0.628. The Morgan fingerprint density at radius 3 is 2.82 bits per heavy atom. The predicted octanol–water partition coefficient (Wildman–Crippen LogP) is 1.79. The van der Waals surface area contributed by atoms with Gasteiger partial charge < -0.3 is 10.1 Å². The molecule has 0 aliphatic carbocycles. The van der Waals surface area contributed by atoms with Crippen molar-refractivity contribution in [2.75, 3.05) is 19.8 Å². The van der Waals surface area contributed by atoms with E-state index >= 15 is 0 Å². The number of carbonyl (C=O) groups excluding carboxylic acids is 2. The van der Waals surface area contributed by atoms with Gasteiger partial charge >= 0.3 is 0 Å². The Labute approximate surface area is 139 Å². The van der Waals surface area contributed by atoms with E-state index in [0.717, 1.165) is 0 Å². The van der Waals surface area contributed by atoms with E-state index in [4.69, 9.17) is 4.74 Å². The fraction of sp³-hybridized carbons (Fsp3) is 0.533. The number of nitrogens with zero attached hydrogens (tertiary/aromatic N) is 2. The van der Waals surface area contributed by atoms with Crippen LogP contribution in [0.3, 0.4) is 0 Å². The number of allylic oxidation sites excluding steroid dienone is 1. The van der Waals surface area contributed by atoms with Crippen LogP contribution >= 0.6 is 13.5 Å². The summed E-state index contributed by atoms with van der Waals surface area (Å²) in [6.07, 6.45) is 6.47. The zero-order valence-electron chi connectivity index (χ0n) is 13.3. The molecule has 1 aromatic heterocycles. The number of carbonyl (C=O) groups is 2. The average molecular weight is 329 g/mol. The lowest BCUT2D eigenvalue weighted by atomic mass is 10.1. The van der Waals surface area contributed by atoms with Crippen LogP contribution in [-0.4, -0.2) is 41.2 Å². The van der Waals surface area contributed by atoms with E-state index in [1.807, 2.05) is 13.8 Å². The lowest BCUT2D eigenvalue weighted by Crippen LogP contribution is -2.25. The highest BCUT2D eigenvalue weighted by molar-refractivity contribution is 7.59. The molecule has 1 N–H and O–H groups in total. The van der Waals surface area contributed by atoms with Gasteiger partial charge in [-0.05, 0) is 13.0 Å². The number of ether oxygens (including phenoxy) is 1. The molecule has 22 heavy (non-hydrogen) atoms. The zero-order chi connectivity index (χ0) is 15.7. The molecule has 0 bridgehead atoms. The number of hydrogen-bond acceptors (Lipinski definition) is 4. The van der Waals surface area contributed by atoms with E-state index in [9.17, 15) is 9.59 Å². The van der Waals surface area contributed by atoms with Gasteiger partial charge in [-0.2, -0.15) is 18.6 Å². The third kappa shape index (κ3) is 7.42. The minimum atomic E-state index is -0.120. The molecule has 0 fully saturated rings. The number of nitrogens with one attached hydrogen (secondary N) is 1. The van der Waals surface area contributed by atoms with E-state index in [1.165, 1.54) is 6.08 Å². The monoisotopic (exact) mass is 329 g/mol. The maximum absolute atomic E-state index is 11.8. The van der Waals surface area contributed by atoms with Gasteiger partial charge in [0.1, 0.15) is 0 Å². The molecule has 0 saturated carbocycles. The number of aromatic nitrogens is 2. The summed E-state index contributed by atoms with van der Waals surface area (Å²) in [5, 5.41) is 6.82. The molecule has 0 aliphatic rings. The van der Waals surface area contributed by atoms with Gasteiger partial charge in [0.05, 0.1) is 31.5 Å². The first-order valence-corrected chi connectivity index (χ1v) is 7.09. The minimum Gasteiger partial charge on any atom is -0.378 e. The average Bonchev–Trinajstić information content (AvgIpc) is 2.90. The van der Waals surface area contributed by atoms with Crippen molar-refractivity contribution < 1.29 is 15.8 Å². The van der Waals surface area contributed by atoms with Crippen LogP contribution in [0, 0.1) is 5.92 Å². The van der Waals surface area contributed by atoms with Crippen molar-refractivity contribution in [3.05, 3.63) is 30.1 Å². The molecule has 0 unspecified atom stereocenters. The van der Waals surface area contributed by atoms with Gasteiger partial charge in [-0.3, -0.25) is 14.3 Å². The van der Waals surface area contributed by atoms with Gasteiger partial charge in [0.25, 0.3) is 0 Å². The van der Waals surface area contributed by atoms with Gasteiger partial charge in [0.15, 0.2) is 5.78 Å². The van der Waals surface area contributed by atoms with Crippen molar-refractivity contribution >= 4 is 25.2 Å². The van der Waals surface area contributed by atoms with Crippen molar-refractivity contribution in [1.82, 2.24) is 15.1 Å². The summed E-state index contributed by atoms with van der Waals surface area (Å²) in [4.78, 5) is 22.9. The lowest BCUT2D eigenvalue weighted by molar-refractivity contribution is -0.116. The van der Waals surface area contributed by atoms with Crippen LogP contribution in [0.2, 0.25) is 0 Å². The Balaban J connectivity index is 0. The van der Waals surface area contributed by atoms with Crippen LogP contribution in [0.4, 0.5) is 0 Å². The largest absolute Gasteiger partial charge is 0.378 e. The fourth-order valence-electron chi connectivity index (χ4n) is 1.66. The van der Waals surface area contributed by atoms with Crippen molar-refractivity contribution in [3.8, 4) is 0 Å². The second kappa shape index (κ2) is 11.0. The minimum absolute atomic E-state index is 0. The molecule has 0 spiro atoms. The van der Waals surface area contributed by atoms with Gasteiger partial charge in [0.2, 0.25) is 5.91 Å².